The monoisotopic (exact) mass is 911 g/mol. The van der Waals surface area contributed by atoms with Crippen molar-refractivity contribution in [1.29, 1.82) is 0 Å². The summed E-state index contributed by atoms with van der Waals surface area (Å²) in [4.78, 5) is 23.0. The molecule has 2 unspecified atom stereocenters. The van der Waals surface area contributed by atoms with Crippen molar-refractivity contribution in [2.45, 2.75) is 251 Å². The minimum atomic E-state index is -4.28. The van der Waals surface area contributed by atoms with Gasteiger partial charge in [0.25, 0.3) is 0 Å². The highest BCUT2D eigenvalue weighted by Gasteiger charge is 2.26. The zero-order valence-electron chi connectivity index (χ0n) is 42.3. The van der Waals surface area contributed by atoms with Gasteiger partial charge in [0, 0.05) is 13.0 Å². The molecule has 8 nitrogen and oxygen atoms in total. The number of unbranched alkanes of at least 4 members (excludes halogenated alkanes) is 30. The van der Waals surface area contributed by atoms with Crippen molar-refractivity contribution in [2.75, 3.05) is 54.1 Å². The molecule has 0 amide bonds. The molecule has 9 heteroatoms. The van der Waals surface area contributed by atoms with Crippen LogP contribution in [-0.4, -0.2) is 75.6 Å². The summed E-state index contributed by atoms with van der Waals surface area (Å²) in [5.41, 5.74) is 0. The number of carbonyl (C=O) groups is 1. The first-order valence-corrected chi connectivity index (χ1v) is 28.2. The molecular weight excluding hydrogens is 806 g/mol. The second-order valence-corrected chi connectivity index (χ2v) is 20.7. The number of ether oxygens (including phenoxy) is 2. The standard InChI is InChI=1S/C54H104NO7P/c1-6-8-10-12-14-16-18-20-22-24-25-26-27-28-29-30-32-34-36-38-40-42-44-46-49-59-51-53(52-61-63(57,58)60-50-48-55(3,4)5)62-54(56)47-45-43-41-39-37-35-33-31-23-21-19-17-15-13-11-9-7-2/h18,20,24-25,27-28,53H,6-17,19,21-23,26,29-52H2,1-5H3/p+1/b20-18-,25-24-,28-27-. The Hall–Kier alpha value is -1.28. The average Bonchev–Trinajstić information content (AvgIpc) is 3.24. The molecule has 372 valence electrons. The van der Waals surface area contributed by atoms with Gasteiger partial charge >= 0.3 is 13.8 Å². The molecule has 0 aromatic heterocycles. The van der Waals surface area contributed by atoms with Crippen molar-refractivity contribution in [3.05, 3.63) is 36.5 Å². The first-order chi connectivity index (χ1) is 30.6. The summed E-state index contributed by atoms with van der Waals surface area (Å²) in [6, 6.07) is 0. The summed E-state index contributed by atoms with van der Waals surface area (Å²) < 4.78 is 35.2. The van der Waals surface area contributed by atoms with E-state index in [2.05, 4.69) is 50.3 Å². The number of rotatable bonds is 50. The van der Waals surface area contributed by atoms with Gasteiger partial charge in [-0.15, -0.1) is 0 Å². The molecule has 0 bridgehead atoms. The van der Waals surface area contributed by atoms with Crippen molar-refractivity contribution in [2.24, 2.45) is 0 Å². The van der Waals surface area contributed by atoms with E-state index < -0.39 is 13.9 Å². The van der Waals surface area contributed by atoms with E-state index >= 15 is 0 Å². The molecule has 1 N–H and O–H groups in total. The highest BCUT2D eigenvalue weighted by atomic mass is 31.2. The Bertz CT molecular complexity index is 1100. The van der Waals surface area contributed by atoms with E-state index in [1.807, 2.05) is 21.1 Å². The molecule has 0 spiro atoms. The van der Waals surface area contributed by atoms with E-state index in [1.54, 1.807) is 0 Å². The maximum absolute atomic E-state index is 12.8. The Balaban J connectivity index is 4.11. The third-order valence-electron chi connectivity index (χ3n) is 11.7. The molecule has 0 aliphatic heterocycles. The number of hydrogen-bond donors (Lipinski definition) is 1. The van der Waals surface area contributed by atoms with Crippen molar-refractivity contribution < 1.29 is 37.3 Å². The molecule has 0 saturated heterocycles. The van der Waals surface area contributed by atoms with E-state index in [0.29, 0.717) is 24.1 Å². The Morgan fingerprint density at radius 3 is 1.30 bits per heavy atom. The summed E-state index contributed by atoms with van der Waals surface area (Å²) in [6.45, 7) is 5.64. The van der Waals surface area contributed by atoms with Gasteiger partial charge < -0.3 is 18.9 Å². The normalized spacial score (nSPS) is 13.8. The lowest BCUT2D eigenvalue weighted by molar-refractivity contribution is -0.870. The van der Waals surface area contributed by atoms with Gasteiger partial charge in [-0.3, -0.25) is 13.8 Å². The fraction of sp³-hybridized carbons (Fsp3) is 0.870. The van der Waals surface area contributed by atoms with Gasteiger partial charge in [-0.25, -0.2) is 4.57 Å². The maximum atomic E-state index is 12.8. The van der Waals surface area contributed by atoms with Gasteiger partial charge in [-0.1, -0.05) is 224 Å². The lowest BCUT2D eigenvalue weighted by atomic mass is 10.0. The number of allylic oxidation sites excluding steroid dienone is 6. The van der Waals surface area contributed by atoms with Crippen LogP contribution in [0.3, 0.4) is 0 Å². The van der Waals surface area contributed by atoms with Crippen molar-refractivity contribution in [3.63, 3.8) is 0 Å². The zero-order chi connectivity index (χ0) is 46.2. The Morgan fingerprint density at radius 2 is 0.873 bits per heavy atom. The van der Waals surface area contributed by atoms with E-state index in [-0.39, 0.29) is 25.8 Å². The minimum Gasteiger partial charge on any atom is -0.457 e. The molecule has 0 radical (unpaired) electrons. The smallest absolute Gasteiger partial charge is 0.457 e. The number of carbonyl (C=O) groups excluding carboxylic acids is 1. The van der Waals surface area contributed by atoms with Gasteiger partial charge in [-0.2, -0.15) is 0 Å². The van der Waals surface area contributed by atoms with Gasteiger partial charge in [-0.05, 0) is 51.4 Å². The van der Waals surface area contributed by atoms with Crippen LogP contribution >= 0.6 is 7.82 Å². The lowest BCUT2D eigenvalue weighted by Crippen LogP contribution is -2.37. The second kappa shape index (κ2) is 47.2. The lowest BCUT2D eigenvalue weighted by Gasteiger charge is -2.24. The highest BCUT2D eigenvalue weighted by Crippen LogP contribution is 2.43. The van der Waals surface area contributed by atoms with Crippen LogP contribution in [0.5, 0.6) is 0 Å². The van der Waals surface area contributed by atoms with Gasteiger partial charge in [0.15, 0.2) is 0 Å². The van der Waals surface area contributed by atoms with Crippen LogP contribution in [0.15, 0.2) is 36.5 Å². The van der Waals surface area contributed by atoms with E-state index in [4.69, 9.17) is 18.5 Å². The van der Waals surface area contributed by atoms with Crippen molar-refractivity contribution in [3.8, 4) is 0 Å². The summed E-state index contributed by atoms with van der Waals surface area (Å²) in [5, 5.41) is 0. The fourth-order valence-corrected chi connectivity index (χ4v) is 8.30. The summed E-state index contributed by atoms with van der Waals surface area (Å²) in [6.07, 6.45) is 57.6. The number of nitrogens with zero attached hydrogens (tertiary/aromatic N) is 1. The third-order valence-corrected chi connectivity index (χ3v) is 12.7. The van der Waals surface area contributed by atoms with Crippen LogP contribution in [0.25, 0.3) is 0 Å². The molecule has 63 heavy (non-hydrogen) atoms. The van der Waals surface area contributed by atoms with Crippen molar-refractivity contribution >= 4 is 13.8 Å². The molecule has 2 atom stereocenters. The molecule has 0 saturated carbocycles. The average molecular weight is 911 g/mol. The van der Waals surface area contributed by atoms with Gasteiger partial charge in [0.2, 0.25) is 0 Å². The predicted octanol–water partition coefficient (Wildman–Crippen LogP) is 16.5. The van der Waals surface area contributed by atoms with Crippen LogP contribution in [0.1, 0.15) is 245 Å². The molecule has 0 aliphatic rings. The van der Waals surface area contributed by atoms with Crippen LogP contribution in [0, 0.1) is 0 Å². The quantitative estimate of drug-likeness (QED) is 0.0214. The first kappa shape index (κ1) is 61.7. The van der Waals surface area contributed by atoms with E-state index in [9.17, 15) is 14.3 Å². The number of esters is 1. The van der Waals surface area contributed by atoms with Crippen molar-refractivity contribution in [1.82, 2.24) is 0 Å². The van der Waals surface area contributed by atoms with Crippen LogP contribution in [-0.2, 0) is 27.9 Å². The van der Waals surface area contributed by atoms with E-state index in [0.717, 1.165) is 44.9 Å². The number of quaternary nitrogens is 1. The first-order valence-electron chi connectivity index (χ1n) is 26.7. The van der Waals surface area contributed by atoms with Gasteiger partial charge in [0.1, 0.15) is 19.3 Å². The second-order valence-electron chi connectivity index (χ2n) is 19.3. The summed E-state index contributed by atoms with van der Waals surface area (Å²) in [7, 11) is 1.67. The SMILES string of the molecule is CCCCCCC/C=C\C/C=C\C/C=C\CCCCCCCCCCCOCC(COP(=O)(O)OCC[N+](C)(C)C)OC(=O)CCCCCCCCCCCCCCCCCCC. The molecule has 0 aromatic rings. The molecule has 0 aromatic carbocycles. The van der Waals surface area contributed by atoms with Gasteiger partial charge in [0.05, 0.1) is 34.4 Å². The number of hydrogen-bond acceptors (Lipinski definition) is 6. The van der Waals surface area contributed by atoms with Crippen LogP contribution < -0.4 is 0 Å². The zero-order valence-corrected chi connectivity index (χ0v) is 43.2. The number of phosphoric acid groups is 1. The summed E-state index contributed by atoms with van der Waals surface area (Å²) in [5.74, 6) is -0.311. The Morgan fingerprint density at radius 1 is 0.492 bits per heavy atom. The minimum absolute atomic E-state index is 0.0887. The topological polar surface area (TPSA) is 91.3 Å². The summed E-state index contributed by atoms with van der Waals surface area (Å²) >= 11 is 0. The molecule has 0 aliphatic carbocycles. The van der Waals surface area contributed by atoms with E-state index in [1.165, 1.54) is 180 Å². The maximum Gasteiger partial charge on any atom is 0.472 e. The molecule has 0 heterocycles. The van der Waals surface area contributed by atoms with Crippen LogP contribution in [0.4, 0.5) is 0 Å². The molecule has 0 fully saturated rings. The Kier molecular flexibility index (Phi) is 46.3. The molecular formula is C54H105NO7P+. The fourth-order valence-electron chi connectivity index (χ4n) is 7.56. The van der Waals surface area contributed by atoms with Crippen LogP contribution in [0.2, 0.25) is 0 Å². The predicted molar refractivity (Wildman–Crippen MR) is 270 cm³/mol. The third kappa shape index (κ3) is 51.6. The number of likely N-dealkylation sites (N-methyl/N-ethyl adjacent to an activating group) is 1. The number of phosphoric ester groups is 1. The Labute approximate surface area is 391 Å². The molecule has 0 rings (SSSR count). The highest BCUT2D eigenvalue weighted by molar-refractivity contribution is 7.47. The largest absolute Gasteiger partial charge is 0.472 e.